The fourth-order valence-electron chi connectivity index (χ4n) is 4.35. The van der Waals surface area contributed by atoms with Crippen LogP contribution in [0.5, 0.6) is 0 Å². The number of hydrogen-bond donors (Lipinski definition) is 1. The van der Waals surface area contributed by atoms with Gasteiger partial charge in [0.05, 0.1) is 35.7 Å². The van der Waals surface area contributed by atoms with E-state index in [9.17, 15) is 18.4 Å². The molecule has 0 spiro atoms. The molecule has 0 aliphatic carbocycles. The van der Waals surface area contributed by atoms with Crippen LogP contribution in [-0.4, -0.2) is 38.5 Å². The molecule has 1 N–H and O–H groups in total. The third-order valence-corrected chi connectivity index (χ3v) is 5.90. The maximum atomic E-state index is 13.6. The average Bonchev–Trinajstić information content (AvgIpc) is 3.39. The van der Waals surface area contributed by atoms with Crippen molar-refractivity contribution in [2.24, 2.45) is 0 Å². The Morgan fingerprint density at radius 2 is 1.85 bits per heavy atom. The lowest BCUT2D eigenvalue weighted by Crippen LogP contribution is -2.46. The monoisotopic (exact) mass is 461 g/mol. The molecule has 1 aliphatic rings. The number of nitrogens with zero attached hydrogens (tertiary/aromatic N) is 4. The molecule has 4 aromatic rings. The average molecular weight is 461 g/mol. The second-order valence-electron chi connectivity index (χ2n) is 8.30. The minimum absolute atomic E-state index is 0.0889. The number of anilines is 1. The fourth-order valence-corrected chi connectivity index (χ4v) is 4.35. The van der Waals surface area contributed by atoms with Crippen LogP contribution in [-0.2, 0) is 9.59 Å². The molecule has 2 aromatic carbocycles. The van der Waals surface area contributed by atoms with Crippen molar-refractivity contribution in [3.8, 4) is 5.69 Å². The van der Waals surface area contributed by atoms with Crippen molar-refractivity contribution in [3.05, 3.63) is 84.8 Å². The van der Waals surface area contributed by atoms with E-state index in [1.165, 1.54) is 0 Å². The first-order valence-corrected chi connectivity index (χ1v) is 10.8. The van der Waals surface area contributed by atoms with Crippen LogP contribution >= 0.6 is 0 Å². The lowest BCUT2D eigenvalue weighted by molar-refractivity contribution is -0.143. The molecular formula is C25H21F2N5O2. The summed E-state index contributed by atoms with van der Waals surface area (Å²) < 4.78 is 29.0. The summed E-state index contributed by atoms with van der Waals surface area (Å²) in [5.41, 5.74) is 2.96. The predicted molar refractivity (Wildman–Crippen MR) is 123 cm³/mol. The number of hydrogen-bond acceptors (Lipinski definition) is 4. The molecule has 1 aliphatic heterocycles. The number of benzene rings is 2. The topological polar surface area (TPSA) is 80.1 Å². The normalized spacial score (nSPS) is 18.4. The van der Waals surface area contributed by atoms with Gasteiger partial charge in [0.15, 0.2) is 0 Å². The van der Waals surface area contributed by atoms with Gasteiger partial charge >= 0.3 is 5.92 Å². The molecule has 5 rings (SSSR count). The predicted octanol–water partition coefficient (Wildman–Crippen LogP) is 4.04. The van der Waals surface area contributed by atoms with E-state index in [0.717, 1.165) is 22.2 Å². The van der Waals surface area contributed by atoms with Gasteiger partial charge in [0.1, 0.15) is 0 Å². The first-order chi connectivity index (χ1) is 16.3. The molecule has 7 nitrogen and oxygen atoms in total. The van der Waals surface area contributed by atoms with Crippen molar-refractivity contribution in [2.75, 3.05) is 4.90 Å². The molecule has 0 unspecified atom stereocenters. The number of nitrogens with one attached hydrogen (secondary N) is 1. The Morgan fingerprint density at radius 1 is 1.06 bits per heavy atom. The maximum Gasteiger partial charge on any atom is 0.321 e. The number of rotatable bonds is 5. The summed E-state index contributed by atoms with van der Waals surface area (Å²) >= 11 is 0. The van der Waals surface area contributed by atoms with Gasteiger partial charge in [-0.1, -0.05) is 30.3 Å². The Labute approximate surface area is 194 Å². The van der Waals surface area contributed by atoms with Crippen molar-refractivity contribution < 1.29 is 18.4 Å². The van der Waals surface area contributed by atoms with E-state index in [0.29, 0.717) is 12.6 Å². The SMILES string of the molecule is CC(F)(F)C(=O)N[C@H]1CC(=O)N(c2ccc3c(cnn3-c3cccnc3)c2)[C@@H]1c1ccccc1. The third-order valence-electron chi connectivity index (χ3n) is 5.90. The zero-order valence-electron chi connectivity index (χ0n) is 18.2. The van der Waals surface area contributed by atoms with E-state index in [1.807, 2.05) is 54.6 Å². The standard InChI is InChI=1S/C25H21F2N5O2/c1-25(26,27)24(34)30-20-13-22(33)31(23(20)16-6-3-2-4-7-16)18-9-10-21-17(12-18)14-29-32(21)19-8-5-11-28-15-19/h2-12,14-15,20,23H,13H2,1H3,(H,30,34)/t20-,23+/m0/s1. The van der Waals surface area contributed by atoms with Gasteiger partial charge in [0, 0.05) is 30.6 Å². The molecule has 34 heavy (non-hydrogen) atoms. The minimum atomic E-state index is -3.54. The third kappa shape index (κ3) is 3.89. The summed E-state index contributed by atoms with van der Waals surface area (Å²) in [5, 5.41) is 7.63. The summed E-state index contributed by atoms with van der Waals surface area (Å²) in [7, 11) is 0. The Kier molecular flexibility index (Phi) is 5.31. The van der Waals surface area contributed by atoms with Crippen molar-refractivity contribution in [1.82, 2.24) is 20.1 Å². The number of carbonyl (C=O) groups is 2. The van der Waals surface area contributed by atoms with Gasteiger partial charge in [-0.15, -0.1) is 0 Å². The van der Waals surface area contributed by atoms with E-state index >= 15 is 0 Å². The fraction of sp³-hybridized carbons (Fsp3) is 0.200. The highest BCUT2D eigenvalue weighted by atomic mass is 19.3. The molecule has 0 bridgehead atoms. The summed E-state index contributed by atoms with van der Waals surface area (Å²) in [6.45, 7) is 0.544. The van der Waals surface area contributed by atoms with Crippen LogP contribution in [0.3, 0.4) is 0 Å². The second-order valence-corrected chi connectivity index (χ2v) is 8.30. The van der Waals surface area contributed by atoms with E-state index in [2.05, 4.69) is 15.4 Å². The second kappa shape index (κ2) is 8.33. The summed E-state index contributed by atoms with van der Waals surface area (Å²) in [4.78, 5) is 30.9. The van der Waals surface area contributed by atoms with Crippen molar-refractivity contribution in [1.29, 1.82) is 0 Å². The van der Waals surface area contributed by atoms with Crippen molar-refractivity contribution >= 4 is 28.4 Å². The number of pyridine rings is 1. The van der Waals surface area contributed by atoms with Gasteiger partial charge < -0.3 is 10.2 Å². The summed E-state index contributed by atoms with van der Waals surface area (Å²) in [5.74, 6) is -5.21. The van der Waals surface area contributed by atoms with Crippen LogP contribution < -0.4 is 10.2 Å². The number of fused-ring (bicyclic) bond motifs is 1. The van der Waals surface area contributed by atoms with Crippen LogP contribution in [0.1, 0.15) is 24.9 Å². The van der Waals surface area contributed by atoms with Crippen molar-refractivity contribution in [2.45, 2.75) is 31.4 Å². The highest BCUT2D eigenvalue weighted by Crippen LogP contribution is 2.39. The lowest BCUT2D eigenvalue weighted by atomic mass is 9.99. The van der Waals surface area contributed by atoms with E-state index < -0.39 is 23.9 Å². The van der Waals surface area contributed by atoms with Crippen LogP contribution in [0.2, 0.25) is 0 Å². The Balaban J connectivity index is 1.54. The number of alkyl halides is 2. The molecule has 1 fully saturated rings. The molecule has 2 atom stereocenters. The molecule has 2 aromatic heterocycles. The molecule has 3 heterocycles. The quantitative estimate of drug-likeness (QED) is 0.487. The molecular weight excluding hydrogens is 440 g/mol. The summed E-state index contributed by atoms with van der Waals surface area (Å²) in [6.07, 6.45) is 4.99. The molecule has 172 valence electrons. The van der Waals surface area contributed by atoms with Gasteiger partial charge in [0.25, 0.3) is 5.91 Å². The van der Waals surface area contributed by atoms with Crippen LogP contribution in [0.4, 0.5) is 14.5 Å². The zero-order chi connectivity index (χ0) is 23.9. The molecule has 0 radical (unpaired) electrons. The van der Waals surface area contributed by atoms with Gasteiger partial charge in [-0.05, 0) is 35.9 Å². The Hall–Kier alpha value is -4.14. The van der Waals surface area contributed by atoms with E-state index in [1.54, 1.807) is 34.2 Å². The van der Waals surface area contributed by atoms with Crippen LogP contribution in [0, 0.1) is 0 Å². The van der Waals surface area contributed by atoms with Crippen molar-refractivity contribution in [3.63, 3.8) is 0 Å². The van der Waals surface area contributed by atoms with Crippen LogP contribution in [0.25, 0.3) is 16.6 Å². The highest BCUT2D eigenvalue weighted by Gasteiger charge is 2.45. The molecule has 2 amide bonds. The number of halogens is 2. The zero-order valence-corrected chi connectivity index (χ0v) is 18.2. The van der Waals surface area contributed by atoms with E-state index in [4.69, 9.17) is 0 Å². The minimum Gasteiger partial charge on any atom is -0.345 e. The summed E-state index contributed by atoms with van der Waals surface area (Å²) in [6, 6.07) is 16.8. The van der Waals surface area contributed by atoms with Gasteiger partial charge in [0.2, 0.25) is 5.91 Å². The molecule has 0 saturated carbocycles. The lowest BCUT2D eigenvalue weighted by Gasteiger charge is -2.29. The Bertz CT molecular complexity index is 1350. The molecule has 9 heteroatoms. The van der Waals surface area contributed by atoms with E-state index in [-0.39, 0.29) is 12.3 Å². The first kappa shape index (κ1) is 21.7. The van der Waals surface area contributed by atoms with Gasteiger partial charge in [-0.25, -0.2) is 4.68 Å². The highest BCUT2D eigenvalue weighted by molar-refractivity contribution is 6.00. The maximum absolute atomic E-state index is 13.6. The van der Waals surface area contributed by atoms with Crippen LogP contribution in [0.15, 0.2) is 79.3 Å². The largest absolute Gasteiger partial charge is 0.345 e. The Morgan fingerprint density at radius 3 is 2.56 bits per heavy atom. The first-order valence-electron chi connectivity index (χ1n) is 10.8. The number of amides is 2. The molecule has 1 saturated heterocycles. The smallest absolute Gasteiger partial charge is 0.321 e. The van der Waals surface area contributed by atoms with Gasteiger partial charge in [-0.3, -0.25) is 14.6 Å². The number of aromatic nitrogens is 3. The number of carbonyl (C=O) groups excluding carboxylic acids is 2. The van der Waals surface area contributed by atoms with Gasteiger partial charge in [-0.2, -0.15) is 13.9 Å².